The van der Waals surface area contributed by atoms with Gasteiger partial charge < -0.3 is 15.5 Å². The van der Waals surface area contributed by atoms with Crippen LogP contribution >= 0.6 is 0 Å². The number of guanidine groups is 1. The zero-order valence-electron chi connectivity index (χ0n) is 17.3. The van der Waals surface area contributed by atoms with Crippen molar-refractivity contribution in [3.8, 4) is 0 Å². The van der Waals surface area contributed by atoms with Crippen molar-refractivity contribution in [2.24, 2.45) is 4.99 Å². The van der Waals surface area contributed by atoms with Gasteiger partial charge in [-0.2, -0.15) is 0 Å². The topological polar surface area (TPSA) is 85.8 Å². The van der Waals surface area contributed by atoms with Gasteiger partial charge in [-0.15, -0.1) is 0 Å². The Morgan fingerprint density at radius 3 is 2.50 bits per heavy atom. The third-order valence-corrected chi connectivity index (χ3v) is 6.22. The molecule has 3 N–H and O–H groups in total. The van der Waals surface area contributed by atoms with E-state index in [1.807, 2.05) is 37.3 Å². The summed E-state index contributed by atoms with van der Waals surface area (Å²) in [5.41, 5.74) is 0.942. The lowest BCUT2D eigenvalue weighted by Gasteiger charge is -2.35. The van der Waals surface area contributed by atoms with E-state index in [9.17, 15) is 8.42 Å². The lowest BCUT2D eigenvalue weighted by molar-refractivity contribution is 0.167. The first kappa shape index (κ1) is 22.6. The molecular weight excluding hydrogens is 374 g/mol. The first-order valence-electron chi connectivity index (χ1n) is 10.2. The van der Waals surface area contributed by atoms with Crippen molar-refractivity contribution in [1.82, 2.24) is 20.3 Å². The van der Waals surface area contributed by atoms with Crippen LogP contribution in [0.3, 0.4) is 0 Å². The van der Waals surface area contributed by atoms with Gasteiger partial charge in [0.15, 0.2) is 5.96 Å². The minimum atomic E-state index is -3.36. The van der Waals surface area contributed by atoms with Crippen LogP contribution in [0.4, 0.5) is 0 Å². The molecule has 0 saturated carbocycles. The molecule has 0 radical (unpaired) electrons. The highest BCUT2D eigenvalue weighted by molar-refractivity contribution is 7.89. The van der Waals surface area contributed by atoms with E-state index >= 15 is 0 Å². The van der Waals surface area contributed by atoms with Gasteiger partial charge in [-0.25, -0.2) is 13.1 Å². The third kappa shape index (κ3) is 8.16. The molecule has 0 spiro atoms. The molecule has 158 valence electrons. The molecule has 1 aromatic carbocycles. The fraction of sp³-hybridized carbons (Fsp3) is 0.650. The summed E-state index contributed by atoms with van der Waals surface area (Å²) in [7, 11) is -3.36. The standard InChI is InChI=1S/C20H35N5O2S/c1-4-21-20(24-19-10-13-25(14-11-19)17(2)3)22-12-15-28(26,27)23-16-18-8-6-5-7-9-18/h5-9,17,19,23H,4,10-16H2,1-3H3,(H2,21,22,24). The Morgan fingerprint density at radius 2 is 1.89 bits per heavy atom. The molecule has 0 amide bonds. The molecule has 7 nitrogen and oxygen atoms in total. The van der Waals surface area contributed by atoms with Crippen LogP contribution in [0.25, 0.3) is 0 Å². The molecule has 2 rings (SSSR count). The zero-order chi connectivity index (χ0) is 20.4. The smallest absolute Gasteiger partial charge is 0.213 e. The molecule has 8 heteroatoms. The Hall–Kier alpha value is -1.64. The van der Waals surface area contributed by atoms with Crippen LogP contribution in [0.1, 0.15) is 39.2 Å². The first-order chi connectivity index (χ1) is 13.4. The van der Waals surface area contributed by atoms with Crippen molar-refractivity contribution in [3.05, 3.63) is 35.9 Å². The molecule has 0 aromatic heterocycles. The van der Waals surface area contributed by atoms with E-state index in [2.05, 4.69) is 39.1 Å². The van der Waals surface area contributed by atoms with Crippen LogP contribution in [0.5, 0.6) is 0 Å². The van der Waals surface area contributed by atoms with Gasteiger partial charge in [-0.05, 0) is 39.2 Å². The number of hydrogen-bond donors (Lipinski definition) is 3. The van der Waals surface area contributed by atoms with Gasteiger partial charge in [-0.3, -0.25) is 4.99 Å². The summed E-state index contributed by atoms with van der Waals surface area (Å²) in [4.78, 5) is 6.94. The largest absolute Gasteiger partial charge is 0.357 e. The number of benzene rings is 1. The second-order valence-electron chi connectivity index (χ2n) is 7.43. The maximum absolute atomic E-state index is 12.2. The molecule has 1 fully saturated rings. The molecule has 1 aromatic rings. The fourth-order valence-electron chi connectivity index (χ4n) is 3.21. The summed E-state index contributed by atoms with van der Waals surface area (Å²) in [5, 5.41) is 6.68. The second kappa shape index (κ2) is 11.4. The number of nitrogens with one attached hydrogen (secondary N) is 3. The molecule has 0 atom stereocenters. The Kier molecular flexibility index (Phi) is 9.21. The zero-order valence-corrected chi connectivity index (χ0v) is 18.1. The predicted octanol–water partition coefficient (Wildman–Crippen LogP) is 1.53. The number of likely N-dealkylation sites (tertiary alicyclic amines) is 1. The molecule has 0 aliphatic carbocycles. The molecule has 28 heavy (non-hydrogen) atoms. The monoisotopic (exact) mass is 409 g/mol. The summed E-state index contributed by atoms with van der Waals surface area (Å²) in [6, 6.07) is 10.5. The van der Waals surface area contributed by atoms with E-state index in [1.54, 1.807) is 0 Å². The van der Waals surface area contributed by atoms with Crippen molar-refractivity contribution in [3.63, 3.8) is 0 Å². The van der Waals surface area contributed by atoms with Crippen LogP contribution in [0, 0.1) is 0 Å². The summed E-state index contributed by atoms with van der Waals surface area (Å²) in [6.07, 6.45) is 2.14. The summed E-state index contributed by atoms with van der Waals surface area (Å²) >= 11 is 0. The molecule has 0 unspecified atom stereocenters. The van der Waals surface area contributed by atoms with E-state index < -0.39 is 10.0 Å². The number of nitrogens with zero attached hydrogens (tertiary/aromatic N) is 2. The van der Waals surface area contributed by atoms with Crippen molar-refractivity contribution in [2.75, 3.05) is 31.9 Å². The Balaban J connectivity index is 1.79. The second-order valence-corrected chi connectivity index (χ2v) is 9.36. The maximum Gasteiger partial charge on any atom is 0.213 e. The summed E-state index contributed by atoms with van der Waals surface area (Å²) in [6.45, 7) is 9.90. The molecule has 1 saturated heterocycles. The van der Waals surface area contributed by atoms with E-state index in [4.69, 9.17) is 0 Å². The van der Waals surface area contributed by atoms with Gasteiger partial charge in [0.2, 0.25) is 10.0 Å². The Labute approximate surface area is 170 Å². The fourth-order valence-corrected chi connectivity index (χ4v) is 4.08. The molecule has 1 aliphatic rings. The SMILES string of the molecule is CCNC(=NCCS(=O)(=O)NCc1ccccc1)NC1CCN(C(C)C)CC1. The van der Waals surface area contributed by atoms with Gasteiger partial charge in [-0.1, -0.05) is 30.3 Å². The third-order valence-electron chi connectivity index (χ3n) is 4.91. The number of piperidine rings is 1. The van der Waals surface area contributed by atoms with Crippen LogP contribution < -0.4 is 15.4 Å². The van der Waals surface area contributed by atoms with Crippen LogP contribution in [-0.4, -0.2) is 63.3 Å². The van der Waals surface area contributed by atoms with E-state index in [-0.39, 0.29) is 12.3 Å². The maximum atomic E-state index is 12.2. The minimum absolute atomic E-state index is 0.0256. The van der Waals surface area contributed by atoms with Gasteiger partial charge >= 0.3 is 0 Å². The number of hydrogen-bond acceptors (Lipinski definition) is 4. The van der Waals surface area contributed by atoms with Crippen molar-refractivity contribution >= 4 is 16.0 Å². The predicted molar refractivity (Wildman–Crippen MR) is 116 cm³/mol. The Bertz CT molecular complexity index is 699. The van der Waals surface area contributed by atoms with Crippen molar-refractivity contribution in [1.29, 1.82) is 0 Å². The quantitative estimate of drug-likeness (QED) is 0.425. The summed E-state index contributed by atoms with van der Waals surface area (Å²) in [5.74, 6) is 0.672. The lowest BCUT2D eigenvalue weighted by Crippen LogP contribution is -2.50. The summed E-state index contributed by atoms with van der Waals surface area (Å²) < 4.78 is 27.0. The highest BCUT2D eigenvalue weighted by atomic mass is 32.2. The molecule has 1 aliphatic heterocycles. The van der Waals surface area contributed by atoms with Crippen LogP contribution in [-0.2, 0) is 16.6 Å². The van der Waals surface area contributed by atoms with E-state index in [1.165, 1.54) is 0 Å². The van der Waals surface area contributed by atoms with E-state index in [0.29, 0.717) is 24.6 Å². The van der Waals surface area contributed by atoms with Gasteiger partial charge in [0, 0.05) is 38.3 Å². The van der Waals surface area contributed by atoms with Crippen molar-refractivity contribution < 1.29 is 8.42 Å². The normalized spacial score (nSPS) is 17.1. The minimum Gasteiger partial charge on any atom is -0.357 e. The van der Waals surface area contributed by atoms with Gasteiger partial charge in [0.1, 0.15) is 0 Å². The average Bonchev–Trinajstić information content (AvgIpc) is 2.68. The van der Waals surface area contributed by atoms with Crippen LogP contribution in [0.15, 0.2) is 35.3 Å². The highest BCUT2D eigenvalue weighted by Crippen LogP contribution is 2.12. The van der Waals surface area contributed by atoms with Gasteiger partial charge in [0.05, 0.1) is 12.3 Å². The van der Waals surface area contributed by atoms with Crippen molar-refractivity contribution in [2.45, 2.75) is 52.2 Å². The average molecular weight is 410 g/mol. The highest BCUT2D eigenvalue weighted by Gasteiger charge is 2.21. The lowest BCUT2D eigenvalue weighted by atomic mass is 10.0. The van der Waals surface area contributed by atoms with E-state index in [0.717, 1.165) is 38.0 Å². The number of aliphatic imine (C=N–C) groups is 1. The first-order valence-corrected chi connectivity index (χ1v) is 11.8. The van der Waals surface area contributed by atoms with Gasteiger partial charge in [0.25, 0.3) is 0 Å². The molecule has 1 heterocycles. The number of rotatable bonds is 9. The molecular formula is C20H35N5O2S. The number of sulfonamides is 1. The Morgan fingerprint density at radius 1 is 1.21 bits per heavy atom. The molecule has 0 bridgehead atoms. The van der Waals surface area contributed by atoms with Crippen LogP contribution in [0.2, 0.25) is 0 Å².